The number of hydrogen-bond donors (Lipinski definition) is 1. The Kier molecular flexibility index (Phi) is 3.38. The molecule has 1 aromatic heterocycles. The fraction of sp³-hybridized carbons (Fsp3) is 0.438. The molecule has 0 amide bonds. The average molecular weight is 256 g/mol. The summed E-state index contributed by atoms with van der Waals surface area (Å²) in [5.74, 6) is 1.72. The van der Waals surface area contributed by atoms with Gasteiger partial charge in [0.05, 0.1) is 12.2 Å². The van der Waals surface area contributed by atoms with E-state index in [1.165, 1.54) is 17.5 Å². The average Bonchev–Trinajstić information content (AvgIpc) is 2.75. The van der Waals surface area contributed by atoms with Crippen LogP contribution in [0, 0.1) is 13.8 Å². The van der Waals surface area contributed by atoms with E-state index in [-0.39, 0.29) is 0 Å². The predicted molar refractivity (Wildman–Crippen MR) is 75.1 cm³/mol. The first-order valence-electron chi connectivity index (χ1n) is 6.95. The van der Waals surface area contributed by atoms with E-state index in [9.17, 15) is 0 Å². The fourth-order valence-electron chi connectivity index (χ4n) is 2.72. The van der Waals surface area contributed by atoms with Crippen molar-refractivity contribution in [2.45, 2.75) is 45.7 Å². The Bertz CT molecular complexity index is 554. The van der Waals surface area contributed by atoms with Gasteiger partial charge in [-0.3, -0.25) is 0 Å². The zero-order chi connectivity index (χ0) is 13.2. The molecule has 0 spiro atoms. The summed E-state index contributed by atoms with van der Waals surface area (Å²) in [5.41, 5.74) is 3.97. The molecule has 1 aliphatic rings. The van der Waals surface area contributed by atoms with Gasteiger partial charge < -0.3 is 9.73 Å². The molecule has 0 saturated carbocycles. The predicted octanol–water partition coefficient (Wildman–Crippen LogP) is 2.94. The minimum absolute atomic E-state index is 0.530. The van der Waals surface area contributed by atoms with Gasteiger partial charge in [0.25, 0.3) is 0 Å². The molecule has 0 aliphatic heterocycles. The van der Waals surface area contributed by atoms with Crippen molar-refractivity contribution >= 4 is 0 Å². The zero-order valence-electron chi connectivity index (χ0n) is 11.6. The number of nitrogens with one attached hydrogen (secondary N) is 1. The Hall–Kier alpha value is -1.61. The summed E-state index contributed by atoms with van der Waals surface area (Å²) in [6, 6.07) is 9.27. The van der Waals surface area contributed by atoms with Crippen molar-refractivity contribution in [1.29, 1.82) is 0 Å². The van der Waals surface area contributed by atoms with Crippen molar-refractivity contribution in [2.24, 2.45) is 0 Å². The third kappa shape index (κ3) is 2.71. The van der Waals surface area contributed by atoms with Crippen molar-refractivity contribution in [2.75, 3.05) is 0 Å². The van der Waals surface area contributed by atoms with Gasteiger partial charge in [0, 0.05) is 6.04 Å². The van der Waals surface area contributed by atoms with E-state index in [2.05, 4.69) is 34.6 Å². The lowest BCUT2D eigenvalue weighted by atomic mass is 9.88. The van der Waals surface area contributed by atoms with Crippen LogP contribution in [0.15, 0.2) is 28.7 Å². The molecular weight excluding hydrogens is 236 g/mol. The van der Waals surface area contributed by atoms with Crippen molar-refractivity contribution < 1.29 is 4.42 Å². The summed E-state index contributed by atoms with van der Waals surface area (Å²) < 4.78 is 5.60. The maximum absolute atomic E-state index is 5.60. The zero-order valence-corrected chi connectivity index (χ0v) is 11.6. The first-order valence-corrected chi connectivity index (χ1v) is 6.95. The maximum atomic E-state index is 5.60. The monoisotopic (exact) mass is 256 g/mol. The van der Waals surface area contributed by atoms with Crippen LogP contribution >= 0.6 is 0 Å². The normalized spacial score (nSPS) is 18.3. The van der Waals surface area contributed by atoms with Gasteiger partial charge in [-0.15, -0.1) is 0 Å². The van der Waals surface area contributed by atoms with Gasteiger partial charge in [0.1, 0.15) is 5.76 Å². The van der Waals surface area contributed by atoms with E-state index in [1.54, 1.807) is 0 Å². The smallest absolute Gasteiger partial charge is 0.208 e. The first kappa shape index (κ1) is 12.4. The number of aromatic nitrogens is 1. The van der Waals surface area contributed by atoms with Crippen molar-refractivity contribution in [1.82, 2.24) is 10.3 Å². The van der Waals surface area contributed by atoms with E-state index in [1.807, 2.05) is 13.8 Å². The second-order valence-electron chi connectivity index (χ2n) is 5.34. The Balaban J connectivity index is 1.60. The van der Waals surface area contributed by atoms with E-state index >= 15 is 0 Å². The molecule has 100 valence electrons. The second kappa shape index (κ2) is 5.17. The molecule has 3 nitrogen and oxygen atoms in total. The number of hydrogen-bond acceptors (Lipinski definition) is 3. The van der Waals surface area contributed by atoms with E-state index in [0.29, 0.717) is 6.04 Å². The van der Waals surface area contributed by atoms with Crippen molar-refractivity contribution in [3.05, 3.63) is 52.7 Å². The van der Waals surface area contributed by atoms with Crippen LogP contribution in [0.2, 0.25) is 0 Å². The Morgan fingerprint density at radius 1 is 1.26 bits per heavy atom. The topological polar surface area (TPSA) is 38.1 Å². The molecule has 19 heavy (non-hydrogen) atoms. The van der Waals surface area contributed by atoms with Crippen LogP contribution in [0.4, 0.5) is 0 Å². The van der Waals surface area contributed by atoms with Gasteiger partial charge in [-0.2, -0.15) is 0 Å². The molecule has 0 saturated heterocycles. The van der Waals surface area contributed by atoms with Crippen molar-refractivity contribution in [3.8, 4) is 0 Å². The quantitative estimate of drug-likeness (QED) is 0.917. The molecule has 0 bridgehead atoms. The van der Waals surface area contributed by atoms with Crippen LogP contribution in [-0.2, 0) is 19.4 Å². The molecular formula is C16H20N2O. The van der Waals surface area contributed by atoms with Crippen LogP contribution in [0.25, 0.3) is 0 Å². The molecule has 1 atom stereocenters. The highest BCUT2D eigenvalue weighted by molar-refractivity contribution is 5.30. The van der Waals surface area contributed by atoms with E-state index in [0.717, 1.165) is 36.7 Å². The standard InChI is InChI=1S/C16H20N2O/c1-11-12(2)19-16(18-11)10-17-15-8-7-13-5-3-4-6-14(13)9-15/h3-6,15,17H,7-10H2,1-2H3. The molecule has 1 aliphatic carbocycles. The van der Waals surface area contributed by atoms with Crippen LogP contribution in [-0.4, -0.2) is 11.0 Å². The van der Waals surface area contributed by atoms with Gasteiger partial charge in [-0.05, 0) is 44.2 Å². The van der Waals surface area contributed by atoms with Crippen molar-refractivity contribution in [3.63, 3.8) is 0 Å². The first-order chi connectivity index (χ1) is 9.22. The summed E-state index contributed by atoms with van der Waals surface area (Å²) in [6.07, 6.45) is 3.46. The molecule has 3 heteroatoms. The van der Waals surface area contributed by atoms with Crippen LogP contribution in [0.5, 0.6) is 0 Å². The molecule has 0 fully saturated rings. The molecule has 1 N–H and O–H groups in total. The fourth-order valence-corrected chi connectivity index (χ4v) is 2.72. The molecule has 1 heterocycles. The van der Waals surface area contributed by atoms with Gasteiger partial charge in [-0.1, -0.05) is 24.3 Å². The number of fused-ring (bicyclic) bond motifs is 1. The number of nitrogens with zero attached hydrogens (tertiary/aromatic N) is 1. The molecule has 2 aromatic rings. The summed E-state index contributed by atoms with van der Waals surface area (Å²) in [4.78, 5) is 4.41. The summed E-state index contributed by atoms with van der Waals surface area (Å²) in [5, 5.41) is 3.56. The number of benzene rings is 1. The third-order valence-corrected chi connectivity index (χ3v) is 3.96. The van der Waals surface area contributed by atoms with Gasteiger partial charge in [0.15, 0.2) is 0 Å². The highest BCUT2D eigenvalue weighted by Crippen LogP contribution is 2.21. The van der Waals surface area contributed by atoms with E-state index in [4.69, 9.17) is 4.42 Å². The highest BCUT2D eigenvalue weighted by atomic mass is 16.4. The largest absolute Gasteiger partial charge is 0.444 e. The second-order valence-corrected chi connectivity index (χ2v) is 5.34. The third-order valence-electron chi connectivity index (χ3n) is 3.96. The number of rotatable bonds is 3. The van der Waals surface area contributed by atoms with Gasteiger partial charge in [0.2, 0.25) is 5.89 Å². The van der Waals surface area contributed by atoms with Crippen LogP contribution in [0.1, 0.15) is 34.9 Å². The van der Waals surface area contributed by atoms with Crippen LogP contribution < -0.4 is 5.32 Å². The molecule has 1 aromatic carbocycles. The minimum Gasteiger partial charge on any atom is -0.444 e. The van der Waals surface area contributed by atoms with Gasteiger partial charge in [-0.25, -0.2) is 4.98 Å². The van der Waals surface area contributed by atoms with Gasteiger partial charge >= 0.3 is 0 Å². The SMILES string of the molecule is Cc1nc(CNC2CCc3ccccc3C2)oc1C. The van der Waals surface area contributed by atoms with Crippen LogP contribution in [0.3, 0.4) is 0 Å². The Labute approximate surface area is 114 Å². The van der Waals surface area contributed by atoms with E-state index < -0.39 is 0 Å². The number of oxazole rings is 1. The molecule has 0 radical (unpaired) electrons. The highest BCUT2D eigenvalue weighted by Gasteiger charge is 2.18. The lowest BCUT2D eigenvalue weighted by molar-refractivity contribution is 0.400. The minimum atomic E-state index is 0.530. The maximum Gasteiger partial charge on any atom is 0.208 e. The summed E-state index contributed by atoms with van der Waals surface area (Å²) in [7, 11) is 0. The summed E-state index contributed by atoms with van der Waals surface area (Å²) in [6.45, 7) is 4.67. The molecule has 3 rings (SSSR count). The summed E-state index contributed by atoms with van der Waals surface area (Å²) >= 11 is 0. The lowest BCUT2D eigenvalue weighted by Gasteiger charge is -2.25. The number of aryl methyl sites for hydroxylation is 3. The Morgan fingerprint density at radius 3 is 2.79 bits per heavy atom. The Morgan fingerprint density at radius 2 is 2.05 bits per heavy atom. The lowest BCUT2D eigenvalue weighted by Crippen LogP contribution is -2.34. The molecule has 1 unspecified atom stereocenters.